The van der Waals surface area contributed by atoms with Crippen molar-refractivity contribution in [3.05, 3.63) is 53.6 Å². The maximum absolute atomic E-state index is 6.74. The maximum atomic E-state index is 6.74. The van der Waals surface area contributed by atoms with Gasteiger partial charge in [-0.1, -0.05) is 74.4 Å². The Kier molecular flexibility index (Phi) is 9.08. The molecule has 0 fully saturated rings. The van der Waals surface area contributed by atoms with Gasteiger partial charge < -0.3 is 4.57 Å². The molecule has 0 aliphatic heterocycles. The fourth-order valence-corrected chi connectivity index (χ4v) is 4.53. The van der Waals surface area contributed by atoms with Gasteiger partial charge in [0.1, 0.15) is 5.50 Å². The summed E-state index contributed by atoms with van der Waals surface area (Å²) in [5.74, 6) is 1.12. The van der Waals surface area contributed by atoms with Crippen molar-refractivity contribution >= 4 is 35.0 Å². The molecule has 2 nitrogen and oxygen atoms in total. The lowest BCUT2D eigenvalue weighted by Gasteiger charge is -2.23. The van der Waals surface area contributed by atoms with Gasteiger partial charge in [0.15, 0.2) is 0 Å². The second-order valence-electron chi connectivity index (χ2n) is 5.99. The molecule has 0 amide bonds. The molecule has 0 bridgehead atoms. The lowest BCUT2D eigenvalue weighted by Crippen LogP contribution is -2.10. The van der Waals surface area contributed by atoms with Gasteiger partial charge in [-0.3, -0.25) is 0 Å². The van der Waals surface area contributed by atoms with E-state index in [0.29, 0.717) is 0 Å². The van der Waals surface area contributed by atoms with Crippen molar-refractivity contribution < 1.29 is 0 Å². The van der Waals surface area contributed by atoms with Crippen LogP contribution in [-0.2, 0) is 0 Å². The van der Waals surface area contributed by atoms with Gasteiger partial charge in [0, 0.05) is 17.4 Å². The number of alkyl halides is 1. The van der Waals surface area contributed by atoms with Crippen molar-refractivity contribution in [1.82, 2.24) is 9.55 Å². The summed E-state index contributed by atoms with van der Waals surface area (Å²) in [6.45, 7) is 2.25. The van der Waals surface area contributed by atoms with Crippen LogP contribution in [0.4, 0.5) is 0 Å². The number of imidazole rings is 1. The highest BCUT2D eigenvalue weighted by molar-refractivity contribution is 7.99. The first kappa shape index (κ1) is 19.7. The molecule has 0 saturated heterocycles. The molecule has 1 heterocycles. The summed E-state index contributed by atoms with van der Waals surface area (Å²) >= 11 is 14.7. The van der Waals surface area contributed by atoms with Crippen LogP contribution in [0.15, 0.2) is 43.0 Å². The topological polar surface area (TPSA) is 17.8 Å². The molecule has 1 aromatic heterocycles. The lowest BCUT2D eigenvalue weighted by molar-refractivity contribution is 0.624. The van der Waals surface area contributed by atoms with E-state index in [1.165, 1.54) is 44.1 Å². The molecule has 0 radical (unpaired) electrons. The van der Waals surface area contributed by atoms with Crippen LogP contribution in [0.2, 0.25) is 5.02 Å². The molecular formula is C19H26Cl2N2S. The minimum atomic E-state index is -0.154. The van der Waals surface area contributed by atoms with Crippen LogP contribution in [-0.4, -0.2) is 15.3 Å². The Labute approximate surface area is 160 Å². The number of unbranched alkanes of at least 4 members (excludes halogenated alkanes) is 5. The highest BCUT2D eigenvalue weighted by Gasteiger charge is 2.23. The second-order valence-corrected chi connectivity index (χ2v) is 8.13. The summed E-state index contributed by atoms with van der Waals surface area (Å²) in [7, 11) is 0. The third-order valence-electron chi connectivity index (χ3n) is 4.05. The quantitative estimate of drug-likeness (QED) is 0.303. The summed E-state index contributed by atoms with van der Waals surface area (Å²) in [6, 6.07) is 8.03. The third kappa shape index (κ3) is 6.34. The zero-order valence-corrected chi connectivity index (χ0v) is 16.5. The maximum Gasteiger partial charge on any atom is 0.125 e. The summed E-state index contributed by atoms with van der Waals surface area (Å²) < 4.78 is 1.97. The van der Waals surface area contributed by atoms with E-state index >= 15 is 0 Å². The minimum absolute atomic E-state index is 0.154. The average molecular weight is 385 g/mol. The number of benzene rings is 1. The highest BCUT2D eigenvalue weighted by atomic mass is 35.5. The van der Waals surface area contributed by atoms with Crippen LogP contribution >= 0.6 is 35.0 Å². The Morgan fingerprint density at radius 2 is 1.79 bits per heavy atom. The summed E-state index contributed by atoms with van der Waals surface area (Å²) in [5.41, 5.74) is 1.06. The molecule has 0 saturated carbocycles. The van der Waals surface area contributed by atoms with Gasteiger partial charge in [0.05, 0.1) is 11.6 Å². The highest BCUT2D eigenvalue weighted by Crippen LogP contribution is 2.41. The molecule has 132 valence electrons. The Bertz CT molecular complexity index is 557. The standard InChI is InChI=1S/C19H26Cl2N2S/c1-2-3-4-5-6-7-14-24-18(16-8-10-17(20)11-9-16)19(21)23-13-12-22-15-23/h8-13,15,18-19H,2-7,14H2,1H3. The van der Waals surface area contributed by atoms with Crippen molar-refractivity contribution in [3.63, 3.8) is 0 Å². The van der Waals surface area contributed by atoms with Crippen LogP contribution in [0.3, 0.4) is 0 Å². The lowest BCUT2D eigenvalue weighted by atomic mass is 10.1. The normalized spacial score (nSPS) is 13.8. The van der Waals surface area contributed by atoms with Crippen molar-refractivity contribution in [2.75, 3.05) is 5.75 Å². The zero-order chi connectivity index (χ0) is 17.2. The molecule has 2 unspecified atom stereocenters. The van der Waals surface area contributed by atoms with E-state index in [1.807, 2.05) is 34.7 Å². The van der Waals surface area contributed by atoms with Crippen LogP contribution in [0.25, 0.3) is 0 Å². The minimum Gasteiger partial charge on any atom is -0.319 e. The molecule has 5 heteroatoms. The zero-order valence-electron chi connectivity index (χ0n) is 14.2. The fraction of sp³-hybridized carbons (Fsp3) is 0.526. The van der Waals surface area contributed by atoms with E-state index in [0.717, 1.165) is 10.8 Å². The molecule has 2 rings (SSSR count). The smallest absolute Gasteiger partial charge is 0.125 e. The first-order valence-electron chi connectivity index (χ1n) is 8.71. The molecule has 0 spiro atoms. The molecule has 0 aliphatic carbocycles. The van der Waals surface area contributed by atoms with E-state index in [9.17, 15) is 0 Å². The number of hydrogen-bond donors (Lipinski definition) is 0. The number of halogens is 2. The number of rotatable bonds is 11. The van der Waals surface area contributed by atoms with E-state index in [-0.39, 0.29) is 10.8 Å². The van der Waals surface area contributed by atoms with Crippen LogP contribution in [0.5, 0.6) is 0 Å². The molecular weight excluding hydrogens is 359 g/mol. The summed E-state index contributed by atoms with van der Waals surface area (Å²) in [4.78, 5) is 4.12. The van der Waals surface area contributed by atoms with E-state index in [4.69, 9.17) is 23.2 Å². The molecule has 0 aliphatic rings. The molecule has 1 aromatic carbocycles. The van der Waals surface area contributed by atoms with Crippen molar-refractivity contribution in [1.29, 1.82) is 0 Å². The van der Waals surface area contributed by atoms with Crippen LogP contribution < -0.4 is 0 Å². The number of nitrogens with zero attached hydrogens (tertiary/aromatic N) is 2. The Morgan fingerprint density at radius 1 is 1.08 bits per heavy atom. The molecule has 24 heavy (non-hydrogen) atoms. The monoisotopic (exact) mass is 384 g/mol. The Hall–Kier alpha value is -0.640. The Balaban J connectivity index is 1.92. The first-order valence-corrected chi connectivity index (χ1v) is 10.6. The second kappa shape index (κ2) is 11.1. The van der Waals surface area contributed by atoms with E-state index < -0.39 is 0 Å². The van der Waals surface area contributed by atoms with Gasteiger partial charge in [-0.2, -0.15) is 11.8 Å². The van der Waals surface area contributed by atoms with Gasteiger partial charge >= 0.3 is 0 Å². The average Bonchev–Trinajstić information content (AvgIpc) is 3.13. The van der Waals surface area contributed by atoms with E-state index in [2.05, 4.69) is 24.0 Å². The predicted octanol–water partition coefficient (Wildman–Crippen LogP) is 7.11. The number of thioether (sulfide) groups is 1. The van der Waals surface area contributed by atoms with Crippen LogP contribution in [0.1, 0.15) is 61.8 Å². The van der Waals surface area contributed by atoms with Gasteiger partial charge in [0.2, 0.25) is 0 Å². The van der Waals surface area contributed by atoms with Crippen LogP contribution in [0, 0.1) is 0 Å². The van der Waals surface area contributed by atoms with Crippen molar-refractivity contribution in [2.24, 2.45) is 0 Å². The fourth-order valence-electron chi connectivity index (χ4n) is 2.65. The third-order valence-corrected chi connectivity index (χ3v) is 6.35. The van der Waals surface area contributed by atoms with Crippen molar-refractivity contribution in [3.8, 4) is 0 Å². The van der Waals surface area contributed by atoms with Gasteiger partial charge in [0.25, 0.3) is 0 Å². The predicted molar refractivity (Wildman–Crippen MR) is 107 cm³/mol. The Morgan fingerprint density at radius 3 is 2.46 bits per heavy atom. The van der Waals surface area contributed by atoms with E-state index in [1.54, 1.807) is 12.5 Å². The SMILES string of the molecule is CCCCCCCCSC(c1ccc(Cl)cc1)C(Cl)n1ccnc1. The van der Waals surface area contributed by atoms with Gasteiger partial charge in [-0.15, -0.1) is 0 Å². The molecule has 2 atom stereocenters. The summed E-state index contributed by atoms with van der Waals surface area (Å²) in [5, 5.41) is 0.945. The summed E-state index contributed by atoms with van der Waals surface area (Å²) in [6.07, 6.45) is 13.4. The number of aromatic nitrogens is 2. The number of hydrogen-bond acceptors (Lipinski definition) is 2. The first-order chi connectivity index (χ1) is 11.7. The molecule has 2 aromatic rings. The molecule has 0 N–H and O–H groups in total. The van der Waals surface area contributed by atoms with Gasteiger partial charge in [-0.25, -0.2) is 4.98 Å². The van der Waals surface area contributed by atoms with Gasteiger partial charge in [-0.05, 0) is 29.9 Å². The van der Waals surface area contributed by atoms with Crippen molar-refractivity contribution in [2.45, 2.75) is 56.2 Å². The largest absolute Gasteiger partial charge is 0.319 e.